The molecule has 0 radical (unpaired) electrons. The van der Waals surface area contributed by atoms with Crippen molar-refractivity contribution in [2.24, 2.45) is 0 Å². The van der Waals surface area contributed by atoms with Gasteiger partial charge in [-0.25, -0.2) is 0 Å². The number of benzene rings is 2. The van der Waals surface area contributed by atoms with Gasteiger partial charge in [-0.2, -0.15) is 4.98 Å². The van der Waals surface area contributed by atoms with Crippen LogP contribution in [0.3, 0.4) is 0 Å². The van der Waals surface area contributed by atoms with Crippen LogP contribution in [-0.4, -0.2) is 27.3 Å². The van der Waals surface area contributed by atoms with Gasteiger partial charge in [-0.15, -0.1) is 0 Å². The fraction of sp³-hybridized carbons (Fsp3) is 0.318. The molecule has 3 aromatic rings. The molecule has 0 aliphatic carbocycles. The topological polar surface area (TPSA) is 85.5 Å². The van der Waals surface area contributed by atoms with Crippen molar-refractivity contribution >= 4 is 17.6 Å². The summed E-state index contributed by atoms with van der Waals surface area (Å²) in [6.07, 6.45) is 1.44. The Labute approximate surface area is 174 Å². The van der Waals surface area contributed by atoms with Crippen molar-refractivity contribution in [3.05, 3.63) is 52.5 Å². The van der Waals surface area contributed by atoms with Crippen LogP contribution in [0, 0.1) is 6.92 Å². The SMILES string of the molecule is Cc1c(CCCC(=O)O)cccc1-c1noc(-c2ccc(OC(C)C)c(Cl)c2)n1. The molecular formula is C22H23ClN2O4. The van der Waals surface area contributed by atoms with Crippen LogP contribution in [-0.2, 0) is 11.2 Å². The average Bonchev–Trinajstić information content (AvgIpc) is 3.14. The first-order valence-corrected chi connectivity index (χ1v) is 9.84. The Morgan fingerprint density at radius 1 is 1.28 bits per heavy atom. The molecule has 7 heteroatoms. The fourth-order valence-electron chi connectivity index (χ4n) is 3.06. The summed E-state index contributed by atoms with van der Waals surface area (Å²) in [5.74, 6) is 0.671. The minimum absolute atomic E-state index is 0.0270. The number of halogens is 1. The van der Waals surface area contributed by atoms with Crippen LogP contribution in [0.2, 0.25) is 5.02 Å². The van der Waals surface area contributed by atoms with E-state index >= 15 is 0 Å². The minimum Gasteiger partial charge on any atom is -0.489 e. The van der Waals surface area contributed by atoms with Gasteiger partial charge in [0.05, 0.1) is 11.1 Å². The zero-order chi connectivity index (χ0) is 21.0. The zero-order valence-corrected chi connectivity index (χ0v) is 17.4. The number of carboxylic acids is 1. The smallest absolute Gasteiger partial charge is 0.303 e. The number of hydrogen-bond acceptors (Lipinski definition) is 5. The van der Waals surface area contributed by atoms with E-state index in [0.717, 1.165) is 16.7 Å². The molecule has 0 saturated heterocycles. The molecule has 6 nitrogen and oxygen atoms in total. The second kappa shape index (κ2) is 9.09. The van der Waals surface area contributed by atoms with Gasteiger partial charge in [0.1, 0.15) is 5.75 Å². The lowest BCUT2D eigenvalue weighted by Crippen LogP contribution is -2.05. The Kier molecular flexibility index (Phi) is 6.54. The summed E-state index contributed by atoms with van der Waals surface area (Å²) < 4.78 is 11.1. The number of nitrogens with zero attached hydrogens (tertiary/aromatic N) is 2. The van der Waals surface area contributed by atoms with E-state index in [4.69, 9.17) is 26.0 Å². The number of aromatic nitrogens is 2. The highest BCUT2D eigenvalue weighted by Gasteiger charge is 2.16. The van der Waals surface area contributed by atoms with Gasteiger partial charge in [0.15, 0.2) is 0 Å². The van der Waals surface area contributed by atoms with E-state index in [0.29, 0.717) is 40.9 Å². The molecule has 0 amide bonds. The molecule has 1 aromatic heterocycles. The first-order valence-electron chi connectivity index (χ1n) is 9.46. The number of ether oxygens (including phenoxy) is 1. The third-order valence-electron chi connectivity index (χ3n) is 4.49. The van der Waals surface area contributed by atoms with Crippen molar-refractivity contribution < 1.29 is 19.2 Å². The van der Waals surface area contributed by atoms with Crippen molar-refractivity contribution in [2.45, 2.75) is 46.1 Å². The second-order valence-electron chi connectivity index (χ2n) is 7.07. The summed E-state index contributed by atoms with van der Waals surface area (Å²) in [5.41, 5.74) is 3.66. The van der Waals surface area contributed by atoms with Crippen LogP contribution in [0.15, 0.2) is 40.9 Å². The predicted octanol–water partition coefficient (Wildman–Crippen LogP) is 5.56. The number of aliphatic carboxylic acids is 1. The molecular weight excluding hydrogens is 392 g/mol. The highest BCUT2D eigenvalue weighted by Crippen LogP contribution is 2.32. The van der Waals surface area contributed by atoms with E-state index in [1.54, 1.807) is 12.1 Å². The Hall–Kier alpha value is -2.86. The third kappa shape index (κ3) is 5.15. The van der Waals surface area contributed by atoms with Crippen molar-refractivity contribution in [2.75, 3.05) is 0 Å². The summed E-state index contributed by atoms with van der Waals surface area (Å²) in [7, 11) is 0. The van der Waals surface area contributed by atoms with Crippen molar-refractivity contribution in [3.8, 4) is 28.6 Å². The summed E-state index contributed by atoms with van der Waals surface area (Å²) >= 11 is 6.31. The van der Waals surface area contributed by atoms with Crippen molar-refractivity contribution in [1.82, 2.24) is 10.1 Å². The van der Waals surface area contributed by atoms with Gasteiger partial charge >= 0.3 is 5.97 Å². The van der Waals surface area contributed by atoms with Crippen LogP contribution < -0.4 is 4.74 Å². The molecule has 152 valence electrons. The summed E-state index contributed by atoms with van der Waals surface area (Å²) in [5, 5.41) is 13.4. The largest absolute Gasteiger partial charge is 0.489 e. The lowest BCUT2D eigenvalue weighted by molar-refractivity contribution is -0.137. The highest BCUT2D eigenvalue weighted by molar-refractivity contribution is 6.32. The first-order chi connectivity index (χ1) is 13.8. The summed E-state index contributed by atoms with van der Waals surface area (Å²) in [6.45, 7) is 5.86. The molecule has 0 atom stereocenters. The number of hydrogen-bond donors (Lipinski definition) is 1. The van der Waals surface area contributed by atoms with E-state index < -0.39 is 5.97 Å². The van der Waals surface area contributed by atoms with Gasteiger partial charge in [-0.1, -0.05) is 35.0 Å². The first kappa shape index (κ1) is 20.9. The van der Waals surface area contributed by atoms with Crippen LogP contribution >= 0.6 is 11.6 Å². The monoisotopic (exact) mass is 414 g/mol. The van der Waals surface area contributed by atoms with E-state index in [1.807, 2.05) is 45.0 Å². The molecule has 0 spiro atoms. The fourth-order valence-corrected chi connectivity index (χ4v) is 3.29. The second-order valence-corrected chi connectivity index (χ2v) is 7.48. The number of aryl methyl sites for hydroxylation is 1. The quantitative estimate of drug-likeness (QED) is 0.519. The zero-order valence-electron chi connectivity index (χ0n) is 16.6. The van der Waals surface area contributed by atoms with Crippen LogP contribution in [0.25, 0.3) is 22.8 Å². The van der Waals surface area contributed by atoms with E-state index in [2.05, 4.69) is 10.1 Å². The van der Waals surface area contributed by atoms with E-state index in [9.17, 15) is 4.79 Å². The molecule has 2 aromatic carbocycles. The Morgan fingerprint density at radius 3 is 2.76 bits per heavy atom. The maximum atomic E-state index is 10.7. The van der Waals surface area contributed by atoms with Crippen molar-refractivity contribution in [1.29, 1.82) is 0 Å². The molecule has 0 bridgehead atoms. The molecule has 0 fully saturated rings. The third-order valence-corrected chi connectivity index (χ3v) is 4.79. The Morgan fingerprint density at radius 2 is 2.07 bits per heavy atom. The molecule has 3 rings (SSSR count). The number of carbonyl (C=O) groups is 1. The Balaban J connectivity index is 1.83. The average molecular weight is 415 g/mol. The molecule has 29 heavy (non-hydrogen) atoms. The molecule has 0 aliphatic rings. The number of rotatable bonds is 8. The molecule has 0 aliphatic heterocycles. The maximum Gasteiger partial charge on any atom is 0.303 e. The maximum absolute atomic E-state index is 10.7. The predicted molar refractivity (Wildman–Crippen MR) is 111 cm³/mol. The Bertz CT molecular complexity index is 1010. The van der Waals surface area contributed by atoms with Gasteiger partial charge < -0.3 is 14.4 Å². The van der Waals surface area contributed by atoms with Gasteiger partial charge in [0.2, 0.25) is 5.82 Å². The summed E-state index contributed by atoms with van der Waals surface area (Å²) in [6, 6.07) is 11.2. The highest BCUT2D eigenvalue weighted by atomic mass is 35.5. The molecule has 1 N–H and O–H groups in total. The van der Waals surface area contributed by atoms with Crippen molar-refractivity contribution in [3.63, 3.8) is 0 Å². The lowest BCUT2D eigenvalue weighted by Gasteiger charge is -2.11. The molecule has 0 unspecified atom stereocenters. The molecule has 0 saturated carbocycles. The summed E-state index contributed by atoms with van der Waals surface area (Å²) in [4.78, 5) is 15.3. The minimum atomic E-state index is -0.787. The normalized spacial score (nSPS) is 11.1. The standard InChI is InChI=1S/C22H23ClN2O4/c1-13(2)28-19-11-10-16(12-18(19)23)22-24-21(25-29-22)17-8-4-6-15(14(17)3)7-5-9-20(26)27/h4,6,8,10-13H,5,7,9H2,1-3H3,(H,26,27). The van der Waals surface area contributed by atoms with Crippen LogP contribution in [0.1, 0.15) is 37.8 Å². The van der Waals surface area contributed by atoms with E-state index in [-0.39, 0.29) is 12.5 Å². The van der Waals surface area contributed by atoms with Gasteiger partial charge in [0.25, 0.3) is 5.89 Å². The van der Waals surface area contributed by atoms with Crippen LogP contribution in [0.4, 0.5) is 0 Å². The molecule has 1 heterocycles. The van der Waals surface area contributed by atoms with Gasteiger partial charge in [-0.3, -0.25) is 4.79 Å². The van der Waals surface area contributed by atoms with Crippen LogP contribution in [0.5, 0.6) is 5.75 Å². The van der Waals surface area contributed by atoms with E-state index in [1.165, 1.54) is 0 Å². The van der Waals surface area contributed by atoms with Gasteiger partial charge in [-0.05, 0) is 62.9 Å². The van der Waals surface area contributed by atoms with Gasteiger partial charge in [0, 0.05) is 17.5 Å². The lowest BCUT2D eigenvalue weighted by atomic mass is 9.98. The number of carboxylic acid groups (broad SMARTS) is 1.